The predicted octanol–water partition coefficient (Wildman–Crippen LogP) is 2.78. The van der Waals surface area contributed by atoms with Crippen molar-refractivity contribution in [3.8, 4) is 6.07 Å². The fourth-order valence-electron chi connectivity index (χ4n) is 4.39. The maximum atomic E-state index is 13.3. The third-order valence-corrected chi connectivity index (χ3v) is 7.81. The van der Waals surface area contributed by atoms with Crippen LogP contribution in [0.3, 0.4) is 0 Å². The van der Waals surface area contributed by atoms with Gasteiger partial charge in [-0.15, -0.1) is 0 Å². The number of nitrogen functional groups attached to an aromatic ring is 1. The van der Waals surface area contributed by atoms with Crippen LogP contribution in [0.1, 0.15) is 24.8 Å². The molecule has 1 aliphatic heterocycles. The standard InChI is InChI=1S/C22H23N7O2S/c1-15-2-4-17(5-3-15)32(30,31)28-13-9-18-20-19(14-25-21(18)28)26-22(24)29(20)27-11-7-16(6-10-23)8-12-27/h2-5,9,13-14,16H,6-8,11-12H2,1H3,(H2,24,26). The maximum absolute atomic E-state index is 13.3. The average molecular weight is 450 g/mol. The van der Waals surface area contributed by atoms with E-state index in [0.717, 1.165) is 37.0 Å². The van der Waals surface area contributed by atoms with Crippen LogP contribution < -0.4 is 10.7 Å². The second-order valence-corrected chi connectivity index (χ2v) is 10.0. The van der Waals surface area contributed by atoms with Gasteiger partial charge in [-0.05, 0) is 43.9 Å². The molecule has 0 unspecified atom stereocenters. The number of nitrogens with two attached hydrogens (primary N) is 1. The van der Waals surface area contributed by atoms with Crippen molar-refractivity contribution in [2.45, 2.75) is 31.1 Å². The Morgan fingerprint density at radius 1 is 1.19 bits per heavy atom. The van der Waals surface area contributed by atoms with Crippen LogP contribution >= 0.6 is 0 Å². The van der Waals surface area contributed by atoms with Gasteiger partial charge in [0.2, 0.25) is 5.95 Å². The molecule has 164 valence electrons. The van der Waals surface area contributed by atoms with E-state index in [1.54, 1.807) is 36.5 Å². The third-order valence-electron chi connectivity index (χ3n) is 6.13. The molecular formula is C22H23N7O2S. The Kier molecular flexibility index (Phi) is 4.78. The second-order valence-electron chi connectivity index (χ2n) is 8.20. The highest BCUT2D eigenvalue weighted by Gasteiger charge is 2.26. The van der Waals surface area contributed by atoms with Crippen molar-refractivity contribution in [3.05, 3.63) is 48.3 Å². The van der Waals surface area contributed by atoms with Gasteiger partial charge >= 0.3 is 0 Å². The number of nitrogens with zero attached hydrogens (tertiary/aromatic N) is 6. The zero-order chi connectivity index (χ0) is 22.5. The van der Waals surface area contributed by atoms with E-state index in [9.17, 15) is 8.42 Å². The number of anilines is 1. The Morgan fingerprint density at radius 2 is 1.91 bits per heavy atom. The Bertz CT molecular complexity index is 1450. The van der Waals surface area contributed by atoms with Gasteiger partial charge in [0.1, 0.15) is 11.0 Å². The summed E-state index contributed by atoms with van der Waals surface area (Å²) in [6.45, 7) is 3.40. The van der Waals surface area contributed by atoms with Gasteiger partial charge in [-0.1, -0.05) is 17.7 Å². The normalized spacial score (nSPS) is 15.4. The van der Waals surface area contributed by atoms with Gasteiger partial charge in [0.05, 0.1) is 17.2 Å². The molecular weight excluding hydrogens is 426 g/mol. The summed E-state index contributed by atoms with van der Waals surface area (Å²) >= 11 is 0. The summed E-state index contributed by atoms with van der Waals surface area (Å²) in [5, 5.41) is 11.8. The molecule has 10 heteroatoms. The molecule has 0 amide bonds. The number of aryl methyl sites for hydroxylation is 1. The van der Waals surface area contributed by atoms with Gasteiger partial charge in [0.25, 0.3) is 10.0 Å². The molecule has 9 nitrogen and oxygen atoms in total. The number of pyridine rings is 1. The van der Waals surface area contributed by atoms with Crippen molar-refractivity contribution in [2.24, 2.45) is 5.92 Å². The van der Waals surface area contributed by atoms with Crippen LogP contribution in [0.5, 0.6) is 0 Å². The van der Waals surface area contributed by atoms with E-state index in [4.69, 9.17) is 11.0 Å². The Labute approximate surface area is 185 Å². The van der Waals surface area contributed by atoms with Crippen LogP contribution in [0.15, 0.2) is 47.6 Å². The number of hydrogen-bond acceptors (Lipinski definition) is 7. The molecule has 4 heterocycles. The largest absolute Gasteiger partial charge is 0.368 e. The van der Waals surface area contributed by atoms with Gasteiger partial charge < -0.3 is 10.7 Å². The number of rotatable bonds is 4. The molecule has 2 N–H and O–H groups in total. The lowest BCUT2D eigenvalue weighted by atomic mass is 9.95. The molecule has 1 fully saturated rings. The summed E-state index contributed by atoms with van der Waals surface area (Å²) in [6, 6.07) is 10.7. The lowest BCUT2D eigenvalue weighted by Gasteiger charge is -2.34. The first-order valence-electron chi connectivity index (χ1n) is 10.5. The number of nitriles is 1. The summed E-state index contributed by atoms with van der Waals surface area (Å²) in [4.78, 5) is 9.07. The second kappa shape index (κ2) is 7.53. The zero-order valence-corrected chi connectivity index (χ0v) is 18.5. The van der Waals surface area contributed by atoms with Gasteiger partial charge in [0, 0.05) is 31.1 Å². The van der Waals surface area contributed by atoms with Gasteiger partial charge in [-0.2, -0.15) is 5.26 Å². The summed E-state index contributed by atoms with van der Waals surface area (Å²) < 4.78 is 29.6. The molecule has 1 saturated heterocycles. The highest BCUT2D eigenvalue weighted by Crippen LogP contribution is 2.30. The van der Waals surface area contributed by atoms with Crippen molar-refractivity contribution in [2.75, 3.05) is 23.8 Å². The van der Waals surface area contributed by atoms with Crippen molar-refractivity contribution in [1.82, 2.24) is 18.6 Å². The molecule has 0 bridgehead atoms. The molecule has 0 aliphatic carbocycles. The first-order chi connectivity index (χ1) is 15.4. The minimum Gasteiger partial charge on any atom is -0.368 e. The molecule has 0 radical (unpaired) electrons. The molecule has 3 aromatic heterocycles. The topological polar surface area (TPSA) is 123 Å². The highest BCUT2D eigenvalue weighted by molar-refractivity contribution is 7.90. The number of benzene rings is 1. The Hall–Kier alpha value is -3.58. The van der Waals surface area contributed by atoms with Crippen LogP contribution in [0.2, 0.25) is 0 Å². The molecule has 5 rings (SSSR count). The monoisotopic (exact) mass is 449 g/mol. The summed E-state index contributed by atoms with van der Waals surface area (Å²) in [5.41, 5.74) is 8.94. The summed E-state index contributed by atoms with van der Waals surface area (Å²) in [6.07, 6.45) is 5.43. The van der Waals surface area contributed by atoms with Crippen molar-refractivity contribution in [3.63, 3.8) is 0 Å². The van der Waals surface area contributed by atoms with Crippen molar-refractivity contribution < 1.29 is 8.42 Å². The SMILES string of the molecule is Cc1ccc(S(=O)(=O)n2ccc3c2ncc2nc(N)n(N4CCC(CC#N)CC4)c23)cc1. The Balaban J connectivity index is 1.62. The van der Waals surface area contributed by atoms with Crippen LogP contribution in [0.25, 0.3) is 22.1 Å². The minimum atomic E-state index is -3.80. The molecule has 0 spiro atoms. The smallest absolute Gasteiger partial charge is 0.269 e. The molecule has 0 atom stereocenters. The van der Waals surface area contributed by atoms with E-state index in [1.165, 1.54) is 10.2 Å². The molecule has 1 aromatic carbocycles. The quantitative estimate of drug-likeness (QED) is 0.508. The fourth-order valence-corrected chi connectivity index (χ4v) is 5.69. The number of aromatic nitrogens is 4. The van der Waals surface area contributed by atoms with Crippen molar-refractivity contribution >= 4 is 38.0 Å². The van der Waals surface area contributed by atoms with Gasteiger partial charge in [-0.25, -0.2) is 27.0 Å². The van der Waals surface area contributed by atoms with Crippen molar-refractivity contribution in [1.29, 1.82) is 5.26 Å². The van der Waals surface area contributed by atoms with E-state index in [2.05, 4.69) is 21.0 Å². The highest BCUT2D eigenvalue weighted by atomic mass is 32.2. The van der Waals surface area contributed by atoms with Crippen LogP contribution in [-0.4, -0.2) is 40.1 Å². The molecule has 0 saturated carbocycles. The summed E-state index contributed by atoms with van der Waals surface area (Å²) in [7, 11) is -3.80. The van der Waals surface area contributed by atoms with Crippen LogP contribution in [-0.2, 0) is 10.0 Å². The predicted molar refractivity (Wildman–Crippen MR) is 122 cm³/mol. The lowest BCUT2D eigenvalue weighted by molar-refractivity contribution is 0.373. The van der Waals surface area contributed by atoms with E-state index in [-0.39, 0.29) is 4.90 Å². The summed E-state index contributed by atoms with van der Waals surface area (Å²) in [5.74, 6) is 0.719. The lowest BCUT2D eigenvalue weighted by Crippen LogP contribution is -2.42. The molecule has 1 aliphatic rings. The van der Waals surface area contributed by atoms with E-state index < -0.39 is 10.0 Å². The first kappa shape index (κ1) is 20.3. The first-order valence-corrected chi connectivity index (χ1v) is 11.9. The minimum absolute atomic E-state index is 0.204. The molecule has 4 aromatic rings. The number of hydrogen-bond donors (Lipinski definition) is 1. The van der Waals surface area contributed by atoms with Crippen LogP contribution in [0, 0.1) is 24.2 Å². The third kappa shape index (κ3) is 3.17. The van der Waals surface area contributed by atoms with Gasteiger partial charge in [0.15, 0.2) is 5.65 Å². The zero-order valence-electron chi connectivity index (χ0n) is 17.6. The van der Waals surface area contributed by atoms with E-state index >= 15 is 0 Å². The average Bonchev–Trinajstić information content (AvgIpc) is 3.35. The van der Waals surface area contributed by atoms with E-state index in [0.29, 0.717) is 34.8 Å². The maximum Gasteiger partial charge on any atom is 0.269 e. The van der Waals surface area contributed by atoms with Gasteiger partial charge in [-0.3, -0.25) is 0 Å². The molecule has 32 heavy (non-hydrogen) atoms. The van der Waals surface area contributed by atoms with Crippen LogP contribution in [0.4, 0.5) is 5.95 Å². The number of piperidine rings is 1. The van der Waals surface area contributed by atoms with E-state index in [1.807, 2.05) is 11.6 Å². The Morgan fingerprint density at radius 3 is 2.59 bits per heavy atom. The number of fused-ring (bicyclic) bond motifs is 3. The number of imidazole rings is 1. The fraction of sp³-hybridized carbons (Fsp3) is 0.318.